The smallest absolute Gasteiger partial charge is 0.314 e. The third-order valence-corrected chi connectivity index (χ3v) is 5.86. The second kappa shape index (κ2) is 6.37. The fourth-order valence-electron chi connectivity index (χ4n) is 4.54. The van der Waals surface area contributed by atoms with Gasteiger partial charge in [-0.1, -0.05) is 0 Å². The number of methoxy groups -OCH3 is 3. The van der Waals surface area contributed by atoms with Crippen LogP contribution in [0.2, 0.25) is 0 Å². The molecule has 0 aromatic heterocycles. The third-order valence-electron chi connectivity index (χ3n) is 5.86. The van der Waals surface area contributed by atoms with Gasteiger partial charge in [0.25, 0.3) is 0 Å². The van der Waals surface area contributed by atoms with Crippen molar-refractivity contribution in [3.63, 3.8) is 0 Å². The van der Waals surface area contributed by atoms with Crippen LogP contribution in [0.1, 0.15) is 22.6 Å². The van der Waals surface area contributed by atoms with Crippen LogP contribution in [-0.2, 0) is 16.0 Å². The number of hydrogen-bond donors (Lipinski definition) is 1. The Kier molecular flexibility index (Phi) is 3.90. The summed E-state index contributed by atoms with van der Waals surface area (Å²) in [6, 6.07) is 5.49. The fraction of sp³-hybridized carbons (Fsp3) is 0.381. The van der Waals surface area contributed by atoms with Gasteiger partial charge in [-0.25, -0.2) is 0 Å². The zero-order chi connectivity index (χ0) is 20.3. The van der Waals surface area contributed by atoms with Crippen molar-refractivity contribution in [1.29, 1.82) is 0 Å². The highest BCUT2D eigenvalue weighted by atomic mass is 16.7. The first-order valence-electron chi connectivity index (χ1n) is 9.22. The summed E-state index contributed by atoms with van der Waals surface area (Å²) in [4.78, 5) is 12.4. The lowest BCUT2D eigenvalue weighted by atomic mass is 9.67. The average Bonchev–Trinajstić information content (AvgIpc) is 3.20. The van der Waals surface area contributed by atoms with Gasteiger partial charge in [-0.3, -0.25) is 4.79 Å². The molecule has 8 heteroatoms. The van der Waals surface area contributed by atoms with E-state index >= 15 is 0 Å². The van der Waals surface area contributed by atoms with E-state index in [1.54, 1.807) is 14.2 Å². The molecule has 0 bridgehead atoms. The maximum absolute atomic E-state index is 12.4. The van der Waals surface area contributed by atoms with Crippen molar-refractivity contribution in [1.82, 2.24) is 0 Å². The van der Waals surface area contributed by atoms with Crippen molar-refractivity contribution in [3.05, 3.63) is 34.9 Å². The number of benzene rings is 2. The van der Waals surface area contributed by atoms with Gasteiger partial charge in [0.15, 0.2) is 23.0 Å². The predicted molar refractivity (Wildman–Crippen MR) is 99.2 cm³/mol. The maximum Gasteiger partial charge on any atom is 0.314 e. The zero-order valence-corrected chi connectivity index (χ0v) is 16.2. The van der Waals surface area contributed by atoms with E-state index in [0.717, 1.165) is 11.1 Å². The summed E-state index contributed by atoms with van der Waals surface area (Å²) < 4.78 is 32.7. The van der Waals surface area contributed by atoms with E-state index < -0.39 is 0 Å². The molecule has 2 aromatic rings. The first-order valence-corrected chi connectivity index (χ1v) is 9.22. The molecule has 2 aliphatic heterocycles. The molecule has 8 nitrogen and oxygen atoms in total. The third kappa shape index (κ3) is 2.41. The fourth-order valence-corrected chi connectivity index (χ4v) is 4.54. The predicted octanol–water partition coefficient (Wildman–Crippen LogP) is 2.38. The van der Waals surface area contributed by atoms with Crippen LogP contribution in [0.4, 0.5) is 0 Å². The van der Waals surface area contributed by atoms with Crippen LogP contribution >= 0.6 is 0 Å². The van der Waals surface area contributed by atoms with Crippen molar-refractivity contribution in [2.75, 3.05) is 28.1 Å². The van der Waals surface area contributed by atoms with E-state index in [1.165, 1.54) is 7.11 Å². The number of esters is 1. The van der Waals surface area contributed by atoms with Gasteiger partial charge < -0.3 is 33.5 Å². The first kappa shape index (κ1) is 17.8. The normalized spacial score (nSPS) is 23.4. The van der Waals surface area contributed by atoms with Gasteiger partial charge in [0.1, 0.15) is 12.0 Å². The number of hydrogen-bond acceptors (Lipinski definition) is 8. The standard InChI is InChI=1S/C21H20O8/c1-24-13-4-9(5-14(25-2)19(13)26-3)16-10-6-15-20(28-8-27-15)18(22)11(10)7-12-17(16)21(23)29-12/h4-6,12,16-17,22H,7-8H2,1-3H3. The van der Waals surface area contributed by atoms with Crippen LogP contribution < -0.4 is 23.7 Å². The average molecular weight is 400 g/mol. The summed E-state index contributed by atoms with van der Waals surface area (Å²) in [6.07, 6.45) is 0.111. The summed E-state index contributed by atoms with van der Waals surface area (Å²) in [6.45, 7) is 0.0446. The maximum atomic E-state index is 12.4. The molecule has 1 fully saturated rings. The number of phenols is 1. The number of aromatic hydroxyl groups is 1. The highest BCUT2D eigenvalue weighted by molar-refractivity contribution is 5.83. The molecule has 1 saturated heterocycles. The summed E-state index contributed by atoms with van der Waals surface area (Å²) in [7, 11) is 4.62. The second-order valence-corrected chi connectivity index (χ2v) is 7.17. The van der Waals surface area contributed by atoms with Crippen molar-refractivity contribution in [2.24, 2.45) is 5.92 Å². The van der Waals surface area contributed by atoms with Gasteiger partial charge in [0, 0.05) is 17.9 Å². The Balaban J connectivity index is 1.73. The lowest BCUT2D eigenvalue weighted by Crippen LogP contribution is -2.52. The largest absolute Gasteiger partial charge is 0.504 e. The van der Waals surface area contributed by atoms with E-state index in [-0.39, 0.29) is 36.5 Å². The second-order valence-electron chi connectivity index (χ2n) is 7.17. The zero-order valence-electron chi connectivity index (χ0n) is 16.2. The molecule has 1 N–H and O–H groups in total. The Morgan fingerprint density at radius 3 is 2.38 bits per heavy atom. The molecule has 0 amide bonds. The van der Waals surface area contributed by atoms with Gasteiger partial charge in [-0.05, 0) is 29.3 Å². The topological polar surface area (TPSA) is 92.7 Å². The van der Waals surface area contributed by atoms with Crippen LogP contribution in [-0.4, -0.2) is 45.3 Å². The van der Waals surface area contributed by atoms with Crippen LogP contribution in [0.25, 0.3) is 0 Å². The summed E-state index contributed by atoms with van der Waals surface area (Å²) in [5.74, 6) is 1.28. The van der Waals surface area contributed by atoms with E-state index in [2.05, 4.69) is 0 Å². The molecule has 3 atom stereocenters. The monoisotopic (exact) mass is 400 g/mol. The van der Waals surface area contributed by atoms with Crippen molar-refractivity contribution in [3.8, 4) is 34.5 Å². The Morgan fingerprint density at radius 1 is 1.03 bits per heavy atom. The van der Waals surface area contributed by atoms with Crippen LogP contribution in [0, 0.1) is 5.92 Å². The van der Waals surface area contributed by atoms with E-state index in [0.29, 0.717) is 40.7 Å². The summed E-state index contributed by atoms with van der Waals surface area (Å²) >= 11 is 0. The van der Waals surface area contributed by atoms with Crippen molar-refractivity contribution < 1.29 is 38.3 Å². The lowest BCUT2D eigenvalue weighted by Gasteiger charge is -2.45. The molecule has 0 spiro atoms. The molecular weight excluding hydrogens is 380 g/mol. The van der Waals surface area contributed by atoms with Crippen molar-refractivity contribution in [2.45, 2.75) is 18.4 Å². The molecule has 1 aliphatic carbocycles. The lowest BCUT2D eigenvalue weighted by molar-refractivity contribution is -0.187. The molecule has 152 valence electrons. The quantitative estimate of drug-likeness (QED) is 0.782. The van der Waals surface area contributed by atoms with E-state index in [9.17, 15) is 9.90 Å². The minimum Gasteiger partial charge on any atom is -0.504 e. The minimum atomic E-state index is -0.370. The van der Waals surface area contributed by atoms with Crippen LogP contribution in [0.5, 0.6) is 34.5 Å². The number of carbonyl (C=O) groups is 1. The van der Waals surface area contributed by atoms with Gasteiger partial charge in [0.2, 0.25) is 18.3 Å². The summed E-state index contributed by atoms with van der Waals surface area (Å²) in [5.41, 5.74) is 2.30. The van der Waals surface area contributed by atoms with E-state index in [4.69, 9.17) is 28.4 Å². The first-order chi connectivity index (χ1) is 14.1. The number of carbonyl (C=O) groups excluding carboxylic acids is 1. The van der Waals surface area contributed by atoms with Gasteiger partial charge in [0.05, 0.1) is 21.3 Å². The Hall–Kier alpha value is -3.29. The molecule has 0 radical (unpaired) electrons. The molecule has 3 aliphatic rings. The molecular formula is C21H20O8. The number of phenolic OH excluding ortho intramolecular Hbond substituents is 1. The molecule has 0 saturated carbocycles. The molecule has 3 unspecified atom stereocenters. The molecule has 2 heterocycles. The Labute approximate surface area is 166 Å². The minimum absolute atomic E-state index is 0.0360. The number of fused-ring (bicyclic) bond motifs is 3. The summed E-state index contributed by atoms with van der Waals surface area (Å²) in [5, 5.41) is 10.8. The van der Waals surface area contributed by atoms with Gasteiger partial charge in [-0.2, -0.15) is 0 Å². The molecule has 29 heavy (non-hydrogen) atoms. The van der Waals surface area contributed by atoms with Crippen molar-refractivity contribution >= 4 is 5.97 Å². The van der Waals surface area contributed by atoms with Gasteiger partial charge >= 0.3 is 5.97 Å². The highest BCUT2D eigenvalue weighted by Crippen LogP contribution is 2.55. The SMILES string of the molecule is COc1cc(C2c3cc4c(c(O)c3CC3OC(=O)C32)OCO4)cc(OC)c1OC. The van der Waals surface area contributed by atoms with E-state index in [1.807, 2.05) is 18.2 Å². The molecule has 2 aromatic carbocycles. The Morgan fingerprint density at radius 2 is 1.76 bits per heavy atom. The Bertz CT molecular complexity index is 989. The van der Waals surface area contributed by atoms with Crippen LogP contribution in [0.15, 0.2) is 18.2 Å². The highest BCUT2D eigenvalue weighted by Gasteiger charge is 2.53. The van der Waals surface area contributed by atoms with Crippen LogP contribution in [0.3, 0.4) is 0 Å². The van der Waals surface area contributed by atoms with Gasteiger partial charge in [-0.15, -0.1) is 0 Å². The molecule has 5 rings (SSSR count). The number of rotatable bonds is 4. The number of ether oxygens (including phenoxy) is 6.